The van der Waals surface area contributed by atoms with Crippen molar-refractivity contribution in [2.45, 2.75) is 25.6 Å². The molecule has 0 fully saturated rings. The molecule has 0 aliphatic carbocycles. The van der Waals surface area contributed by atoms with Gasteiger partial charge in [-0.1, -0.05) is 0 Å². The molecule has 0 radical (unpaired) electrons. The highest BCUT2D eigenvalue weighted by molar-refractivity contribution is 5.20. The van der Waals surface area contributed by atoms with Crippen LogP contribution in [-0.4, -0.2) is 28.0 Å². The van der Waals surface area contributed by atoms with Crippen molar-refractivity contribution >= 4 is 0 Å². The Hall–Kier alpha value is -1.08. The first-order chi connectivity index (χ1) is 7.96. The van der Waals surface area contributed by atoms with Gasteiger partial charge in [0.1, 0.15) is 5.69 Å². The second-order valence-corrected chi connectivity index (χ2v) is 3.75. The first kappa shape index (κ1) is 14.0. The van der Waals surface area contributed by atoms with Crippen LogP contribution in [0.15, 0.2) is 6.20 Å². The number of aliphatic hydroxyl groups excluding tert-OH is 1. The van der Waals surface area contributed by atoms with E-state index in [9.17, 15) is 13.2 Å². The van der Waals surface area contributed by atoms with Crippen molar-refractivity contribution < 1.29 is 18.3 Å². The fourth-order valence-electron chi connectivity index (χ4n) is 1.56. The SMILES string of the molecule is Cn1ncc(CNCCCCO)c1C(F)(F)F. The lowest BCUT2D eigenvalue weighted by atomic mass is 10.2. The molecular weight excluding hydrogens is 235 g/mol. The molecule has 1 rings (SSSR count). The maximum absolute atomic E-state index is 12.7. The van der Waals surface area contributed by atoms with Gasteiger partial charge in [0.25, 0.3) is 0 Å². The molecule has 4 nitrogen and oxygen atoms in total. The summed E-state index contributed by atoms with van der Waals surface area (Å²) < 4.78 is 38.8. The van der Waals surface area contributed by atoms with Gasteiger partial charge in [0.05, 0.1) is 6.20 Å². The summed E-state index contributed by atoms with van der Waals surface area (Å²) in [4.78, 5) is 0. The molecule has 0 spiro atoms. The van der Waals surface area contributed by atoms with Crippen LogP contribution in [0.3, 0.4) is 0 Å². The van der Waals surface area contributed by atoms with E-state index in [0.717, 1.165) is 11.1 Å². The van der Waals surface area contributed by atoms with Gasteiger partial charge in [-0.25, -0.2) is 0 Å². The van der Waals surface area contributed by atoms with Crippen LogP contribution in [0.5, 0.6) is 0 Å². The van der Waals surface area contributed by atoms with Crippen LogP contribution in [0.4, 0.5) is 13.2 Å². The summed E-state index contributed by atoms with van der Waals surface area (Å²) in [7, 11) is 1.28. The van der Waals surface area contributed by atoms with Gasteiger partial charge in [-0.05, 0) is 19.4 Å². The van der Waals surface area contributed by atoms with Crippen molar-refractivity contribution in [1.82, 2.24) is 15.1 Å². The van der Waals surface area contributed by atoms with Crippen molar-refractivity contribution in [2.75, 3.05) is 13.2 Å². The van der Waals surface area contributed by atoms with Gasteiger partial charge in [0.15, 0.2) is 0 Å². The lowest BCUT2D eigenvalue weighted by Crippen LogP contribution is -2.19. The van der Waals surface area contributed by atoms with E-state index in [4.69, 9.17) is 5.11 Å². The third-order valence-electron chi connectivity index (χ3n) is 2.36. The Labute approximate surface area is 97.4 Å². The second kappa shape index (κ2) is 6.02. The Morgan fingerprint density at radius 3 is 2.71 bits per heavy atom. The molecule has 0 bridgehead atoms. The molecule has 0 saturated heterocycles. The lowest BCUT2D eigenvalue weighted by Gasteiger charge is -2.10. The number of rotatable bonds is 6. The summed E-state index contributed by atoms with van der Waals surface area (Å²) in [6.45, 7) is 0.809. The fourth-order valence-corrected chi connectivity index (χ4v) is 1.56. The number of nitrogens with one attached hydrogen (secondary N) is 1. The fraction of sp³-hybridized carbons (Fsp3) is 0.700. The largest absolute Gasteiger partial charge is 0.433 e. The smallest absolute Gasteiger partial charge is 0.396 e. The minimum Gasteiger partial charge on any atom is -0.396 e. The molecule has 0 atom stereocenters. The Morgan fingerprint density at radius 1 is 1.41 bits per heavy atom. The highest BCUT2D eigenvalue weighted by Crippen LogP contribution is 2.31. The minimum absolute atomic E-state index is 0.0996. The second-order valence-electron chi connectivity index (χ2n) is 3.75. The van der Waals surface area contributed by atoms with Crippen molar-refractivity contribution in [3.8, 4) is 0 Å². The monoisotopic (exact) mass is 251 g/mol. The van der Waals surface area contributed by atoms with Gasteiger partial charge in [0.2, 0.25) is 0 Å². The molecular formula is C10H16F3N3O. The molecule has 1 aromatic heterocycles. The number of aliphatic hydroxyl groups is 1. The zero-order chi connectivity index (χ0) is 12.9. The van der Waals surface area contributed by atoms with E-state index in [1.54, 1.807) is 0 Å². The molecule has 7 heteroatoms. The predicted octanol–water partition coefficient (Wildman–Crippen LogP) is 1.30. The van der Waals surface area contributed by atoms with E-state index >= 15 is 0 Å². The van der Waals surface area contributed by atoms with E-state index in [0.29, 0.717) is 13.0 Å². The lowest BCUT2D eigenvalue weighted by molar-refractivity contribution is -0.144. The van der Waals surface area contributed by atoms with Crippen LogP contribution in [0.2, 0.25) is 0 Å². The van der Waals surface area contributed by atoms with Gasteiger partial charge >= 0.3 is 6.18 Å². The normalized spacial score (nSPS) is 12.1. The number of nitrogens with zero attached hydrogens (tertiary/aromatic N) is 2. The van der Waals surface area contributed by atoms with E-state index in [-0.39, 0.29) is 18.7 Å². The molecule has 0 unspecified atom stereocenters. The van der Waals surface area contributed by atoms with Crippen molar-refractivity contribution in [1.29, 1.82) is 0 Å². The molecule has 1 aromatic rings. The third-order valence-corrected chi connectivity index (χ3v) is 2.36. The van der Waals surface area contributed by atoms with Crippen LogP contribution < -0.4 is 5.32 Å². The zero-order valence-electron chi connectivity index (χ0n) is 9.59. The first-order valence-electron chi connectivity index (χ1n) is 5.36. The average molecular weight is 251 g/mol. The number of halogens is 3. The van der Waals surface area contributed by atoms with Crippen LogP contribution >= 0.6 is 0 Å². The van der Waals surface area contributed by atoms with Crippen molar-refractivity contribution in [2.24, 2.45) is 7.05 Å². The number of hydrogen-bond donors (Lipinski definition) is 2. The number of hydrogen-bond acceptors (Lipinski definition) is 3. The Morgan fingerprint density at radius 2 is 2.12 bits per heavy atom. The molecule has 0 aliphatic rings. The molecule has 0 aromatic carbocycles. The summed E-state index contributed by atoms with van der Waals surface area (Å²) in [5.41, 5.74) is -0.573. The highest BCUT2D eigenvalue weighted by atomic mass is 19.4. The standard InChI is InChI=1S/C10H16F3N3O/c1-16-9(10(11,12)13)8(7-15-16)6-14-4-2-3-5-17/h7,14,17H,2-6H2,1H3. The van der Waals surface area contributed by atoms with E-state index < -0.39 is 11.9 Å². The van der Waals surface area contributed by atoms with Crippen LogP contribution in [0.25, 0.3) is 0 Å². The van der Waals surface area contributed by atoms with Crippen LogP contribution in [0, 0.1) is 0 Å². The molecule has 0 aliphatic heterocycles. The number of aryl methyl sites for hydroxylation is 1. The maximum Gasteiger partial charge on any atom is 0.433 e. The topological polar surface area (TPSA) is 50.1 Å². The van der Waals surface area contributed by atoms with Crippen molar-refractivity contribution in [3.63, 3.8) is 0 Å². The number of aromatic nitrogens is 2. The van der Waals surface area contributed by atoms with Gasteiger partial charge in [-0.3, -0.25) is 4.68 Å². The number of alkyl halides is 3. The maximum atomic E-state index is 12.7. The summed E-state index contributed by atoms with van der Waals surface area (Å²) in [5, 5.41) is 15.1. The Balaban J connectivity index is 2.54. The van der Waals surface area contributed by atoms with Crippen LogP contribution in [0.1, 0.15) is 24.1 Å². The van der Waals surface area contributed by atoms with Gasteiger partial charge in [-0.15, -0.1) is 0 Å². The van der Waals surface area contributed by atoms with Crippen molar-refractivity contribution in [3.05, 3.63) is 17.5 Å². The summed E-state index contributed by atoms with van der Waals surface area (Å²) in [5.74, 6) is 0. The first-order valence-corrected chi connectivity index (χ1v) is 5.36. The molecule has 0 saturated carbocycles. The summed E-state index contributed by atoms with van der Waals surface area (Å²) in [6, 6.07) is 0. The number of unbranched alkanes of at least 4 members (excludes halogenated alkanes) is 1. The van der Waals surface area contributed by atoms with E-state index in [2.05, 4.69) is 10.4 Å². The minimum atomic E-state index is -4.38. The molecule has 98 valence electrons. The van der Waals surface area contributed by atoms with Crippen LogP contribution in [-0.2, 0) is 19.8 Å². The Kier molecular flexibility index (Phi) is 4.95. The molecule has 1 heterocycles. The summed E-state index contributed by atoms with van der Waals surface area (Å²) in [6.07, 6.45) is -1.78. The molecule has 17 heavy (non-hydrogen) atoms. The summed E-state index contributed by atoms with van der Waals surface area (Å²) >= 11 is 0. The van der Waals surface area contributed by atoms with E-state index in [1.165, 1.54) is 13.2 Å². The Bertz CT molecular complexity index is 349. The zero-order valence-corrected chi connectivity index (χ0v) is 9.59. The van der Waals surface area contributed by atoms with Gasteiger partial charge in [0, 0.05) is 25.8 Å². The molecule has 2 N–H and O–H groups in total. The van der Waals surface area contributed by atoms with E-state index in [1.807, 2.05) is 0 Å². The molecule has 0 amide bonds. The average Bonchev–Trinajstić information content (AvgIpc) is 2.59. The quantitative estimate of drug-likeness (QED) is 0.749. The predicted molar refractivity (Wildman–Crippen MR) is 56.2 cm³/mol. The highest BCUT2D eigenvalue weighted by Gasteiger charge is 2.36. The van der Waals surface area contributed by atoms with Gasteiger partial charge in [-0.2, -0.15) is 18.3 Å². The third kappa shape index (κ3) is 4.01. The van der Waals surface area contributed by atoms with Gasteiger partial charge < -0.3 is 10.4 Å².